The first-order valence-corrected chi connectivity index (χ1v) is 7.26. The molecule has 1 aromatic carbocycles. The van der Waals surface area contributed by atoms with Gasteiger partial charge in [0.2, 0.25) is 0 Å². The normalized spacial score (nSPS) is 16.6. The second kappa shape index (κ2) is 6.08. The molecule has 0 radical (unpaired) electrons. The number of aromatic hydroxyl groups is 1. The van der Waals surface area contributed by atoms with E-state index in [0.29, 0.717) is 18.4 Å². The number of fused-ring (bicyclic) bond motifs is 1. The van der Waals surface area contributed by atoms with Crippen molar-refractivity contribution >= 4 is 11.7 Å². The van der Waals surface area contributed by atoms with E-state index >= 15 is 0 Å². The van der Waals surface area contributed by atoms with Crippen LogP contribution in [0.25, 0.3) is 0 Å². The average Bonchev–Trinajstić information content (AvgIpc) is 2.57. The van der Waals surface area contributed by atoms with Crippen LogP contribution in [0.4, 0.5) is 0 Å². The fraction of sp³-hybridized carbons (Fsp3) is 0.235. The molecule has 1 aliphatic rings. The molecule has 1 aromatic heterocycles. The number of carbonyl (C=O) groups excluding carboxylic acids is 2. The van der Waals surface area contributed by atoms with Crippen LogP contribution in [-0.2, 0) is 6.42 Å². The SMILES string of the molecule is COc1ccnc(C(=O)NC2CCc3ccccc3C2=O)c1O. The maximum Gasteiger partial charge on any atom is 0.274 e. The van der Waals surface area contributed by atoms with Crippen LogP contribution in [0.2, 0.25) is 0 Å². The summed E-state index contributed by atoms with van der Waals surface area (Å²) >= 11 is 0. The summed E-state index contributed by atoms with van der Waals surface area (Å²) in [5.74, 6) is -0.900. The first kappa shape index (κ1) is 15.0. The van der Waals surface area contributed by atoms with E-state index in [9.17, 15) is 14.7 Å². The van der Waals surface area contributed by atoms with Crippen molar-refractivity contribution in [1.29, 1.82) is 0 Å². The van der Waals surface area contributed by atoms with Crippen molar-refractivity contribution in [2.24, 2.45) is 0 Å². The third kappa shape index (κ3) is 2.75. The van der Waals surface area contributed by atoms with E-state index < -0.39 is 11.9 Å². The minimum absolute atomic E-state index is 0.123. The zero-order valence-electron chi connectivity index (χ0n) is 12.6. The lowest BCUT2D eigenvalue weighted by atomic mass is 9.87. The van der Waals surface area contributed by atoms with Crippen LogP contribution >= 0.6 is 0 Å². The number of nitrogens with zero attached hydrogens (tertiary/aromatic N) is 1. The maximum absolute atomic E-state index is 12.5. The lowest BCUT2D eigenvalue weighted by Gasteiger charge is -2.24. The molecule has 6 heteroatoms. The molecule has 2 N–H and O–H groups in total. The van der Waals surface area contributed by atoms with Crippen molar-refractivity contribution in [3.63, 3.8) is 0 Å². The summed E-state index contributed by atoms with van der Waals surface area (Å²) in [4.78, 5) is 28.7. The molecular weight excluding hydrogens is 296 g/mol. The topological polar surface area (TPSA) is 88.5 Å². The highest BCUT2D eigenvalue weighted by molar-refractivity contribution is 6.06. The van der Waals surface area contributed by atoms with Crippen molar-refractivity contribution in [3.8, 4) is 11.5 Å². The van der Waals surface area contributed by atoms with E-state index in [1.165, 1.54) is 19.4 Å². The summed E-state index contributed by atoms with van der Waals surface area (Å²) in [5.41, 5.74) is 1.47. The van der Waals surface area contributed by atoms with Gasteiger partial charge in [-0.25, -0.2) is 4.98 Å². The second-order valence-electron chi connectivity index (χ2n) is 5.30. The number of amides is 1. The number of aromatic nitrogens is 1. The molecule has 1 unspecified atom stereocenters. The Morgan fingerprint density at radius 1 is 1.35 bits per heavy atom. The Bertz CT molecular complexity index is 773. The number of methoxy groups -OCH3 is 1. The van der Waals surface area contributed by atoms with E-state index in [0.717, 1.165) is 5.56 Å². The van der Waals surface area contributed by atoms with Crippen LogP contribution in [0.5, 0.6) is 11.5 Å². The standard InChI is InChI=1S/C17H16N2O4/c1-23-13-8-9-18-14(16(13)21)17(22)19-12-7-6-10-4-2-3-5-11(10)15(12)20/h2-5,8-9,12,21H,6-7H2,1H3,(H,19,22). The Morgan fingerprint density at radius 3 is 2.91 bits per heavy atom. The third-order valence-electron chi connectivity index (χ3n) is 3.93. The highest BCUT2D eigenvalue weighted by Crippen LogP contribution is 2.28. The zero-order chi connectivity index (χ0) is 16.4. The van der Waals surface area contributed by atoms with Gasteiger partial charge in [0.15, 0.2) is 23.0 Å². The number of Topliss-reactive ketones (excluding diaryl/α,β-unsaturated/α-hetero) is 1. The predicted octanol–water partition coefficient (Wildman–Crippen LogP) is 1.72. The van der Waals surface area contributed by atoms with Gasteiger partial charge in [0.1, 0.15) is 0 Å². The minimum atomic E-state index is -0.621. The summed E-state index contributed by atoms with van der Waals surface area (Å²) in [7, 11) is 1.39. The number of hydrogen-bond donors (Lipinski definition) is 2. The summed E-state index contributed by atoms with van der Waals surface area (Å²) in [6.07, 6.45) is 2.60. The molecule has 118 valence electrons. The van der Waals surface area contributed by atoms with Crippen molar-refractivity contribution in [3.05, 3.63) is 53.3 Å². The first-order chi connectivity index (χ1) is 11.1. The molecule has 1 aliphatic carbocycles. The third-order valence-corrected chi connectivity index (χ3v) is 3.93. The van der Waals surface area contributed by atoms with Gasteiger partial charge < -0.3 is 15.2 Å². The van der Waals surface area contributed by atoms with Crippen LogP contribution in [0.3, 0.4) is 0 Å². The fourth-order valence-electron chi connectivity index (χ4n) is 2.73. The van der Waals surface area contributed by atoms with Gasteiger partial charge in [-0.15, -0.1) is 0 Å². The van der Waals surface area contributed by atoms with Gasteiger partial charge in [0.05, 0.1) is 13.2 Å². The molecule has 0 aliphatic heterocycles. The molecule has 2 aromatic rings. The van der Waals surface area contributed by atoms with Gasteiger partial charge in [-0.05, 0) is 18.4 Å². The van der Waals surface area contributed by atoms with E-state index in [2.05, 4.69) is 10.3 Å². The number of benzene rings is 1. The van der Waals surface area contributed by atoms with Crippen molar-refractivity contribution < 1.29 is 19.4 Å². The summed E-state index contributed by atoms with van der Waals surface area (Å²) < 4.78 is 4.96. The minimum Gasteiger partial charge on any atom is -0.503 e. The number of hydrogen-bond acceptors (Lipinski definition) is 5. The highest BCUT2D eigenvalue weighted by atomic mass is 16.5. The number of ether oxygens (including phenoxy) is 1. The molecule has 0 spiro atoms. The number of carbonyl (C=O) groups is 2. The van der Waals surface area contributed by atoms with Crippen molar-refractivity contribution in [2.75, 3.05) is 7.11 Å². The van der Waals surface area contributed by atoms with Crippen molar-refractivity contribution in [1.82, 2.24) is 10.3 Å². The van der Waals surface area contributed by atoms with Gasteiger partial charge >= 0.3 is 0 Å². The molecule has 1 atom stereocenters. The van der Waals surface area contributed by atoms with E-state index in [1.54, 1.807) is 12.1 Å². The Balaban J connectivity index is 1.81. The first-order valence-electron chi connectivity index (χ1n) is 7.26. The van der Waals surface area contributed by atoms with Gasteiger partial charge in [-0.2, -0.15) is 0 Å². The van der Waals surface area contributed by atoms with Gasteiger partial charge in [0.25, 0.3) is 5.91 Å². The Hall–Kier alpha value is -2.89. The molecule has 0 saturated carbocycles. The predicted molar refractivity (Wildman–Crippen MR) is 82.8 cm³/mol. The molecule has 1 amide bonds. The Kier molecular flexibility index (Phi) is 3.97. The molecule has 23 heavy (non-hydrogen) atoms. The number of pyridine rings is 1. The van der Waals surface area contributed by atoms with Crippen molar-refractivity contribution in [2.45, 2.75) is 18.9 Å². The van der Waals surface area contributed by atoms with Crippen LogP contribution < -0.4 is 10.1 Å². The maximum atomic E-state index is 12.5. The number of ketones is 1. The summed E-state index contributed by atoms with van der Waals surface area (Å²) in [6, 6.07) is 8.20. The molecule has 1 heterocycles. The Labute approximate surface area is 133 Å². The van der Waals surface area contributed by atoms with Gasteiger partial charge in [-0.1, -0.05) is 24.3 Å². The largest absolute Gasteiger partial charge is 0.503 e. The van der Waals surface area contributed by atoms with Crippen LogP contribution in [0.1, 0.15) is 32.8 Å². The van der Waals surface area contributed by atoms with Crippen LogP contribution in [-0.4, -0.2) is 34.9 Å². The molecular formula is C17H16N2O4. The molecule has 3 rings (SSSR count). The highest BCUT2D eigenvalue weighted by Gasteiger charge is 2.29. The Morgan fingerprint density at radius 2 is 2.13 bits per heavy atom. The average molecular weight is 312 g/mol. The smallest absolute Gasteiger partial charge is 0.274 e. The number of aryl methyl sites for hydroxylation is 1. The quantitative estimate of drug-likeness (QED) is 0.901. The zero-order valence-corrected chi connectivity index (χ0v) is 12.6. The number of rotatable bonds is 3. The van der Waals surface area contributed by atoms with E-state index in [-0.39, 0.29) is 23.0 Å². The molecule has 0 fully saturated rings. The lowest BCUT2D eigenvalue weighted by Crippen LogP contribution is -2.43. The fourth-order valence-corrected chi connectivity index (χ4v) is 2.73. The van der Waals surface area contributed by atoms with Crippen LogP contribution in [0.15, 0.2) is 36.5 Å². The van der Waals surface area contributed by atoms with Gasteiger partial charge in [-0.3, -0.25) is 9.59 Å². The van der Waals surface area contributed by atoms with Gasteiger partial charge in [0, 0.05) is 17.8 Å². The summed E-state index contributed by atoms with van der Waals surface area (Å²) in [5, 5.41) is 12.6. The molecule has 6 nitrogen and oxygen atoms in total. The monoisotopic (exact) mass is 312 g/mol. The van der Waals surface area contributed by atoms with E-state index in [4.69, 9.17) is 4.74 Å². The second-order valence-corrected chi connectivity index (χ2v) is 5.30. The van der Waals surface area contributed by atoms with E-state index in [1.807, 2.05) is 12.1 Å². The number of nitrogens with one attached hydrogen (secondary N) is 1. The summed E-state index contributed by atoms with van der Waals surface area (Å²) in [6.45, 7) is 0. The molecule has 0 saturated heterocycles. The van der Waals surface area contributed by atoms with Crippen LogP contribution in [0, 0.1) is 0 Å². The lowest BCUT2D eigenvalue weighted by molar-refractivity contribution is 0.0840. The molecule has 0 bridgehead atoms.